The molecule has 1 fully saturated rings. The number of methoxy groups -OCH3 is 2. The van der Waals surface area contributed by atoms with Crippen LogP contribution in [0.25, 0.3) is 0 Å². The molecule has 0 aliphatic carbocycles. The van der Waals surface area contributed by atoms with Crippen LogP contribution in [-0.4, -0.2) is 38.2 Å². The number of carbonyl (C=O) groups excluding carboxylic acids is 1. The molecule has 24 heavy (non-hydrogen) atoms. The van der Waals surface area contributed by atoms with E-state index in [1.165, 1.54) is 12.8 Å². The Morgan fingerprint density at radius 3 is 2.62 bits per heavy atom. The number of amides is 1. The summed E-state index contributed by atoms with van der Waals surface area (Å²) in [6.07, 6.45) is 4.04. The Labute approximate surface area is 141 Å². The summed E-state index contributed by atoms with van der Waals surface area (Å²) in [5.74, 6) is 0.937. The Hall–Kier alpha value is -2.76. The van der Waals surface area contributed by atoms with E-state index < -0.39 is 0 Å². The Morgan fingerprint density at radius 2 is 1.92 bits per heavy atom. The van der Waals surface area contributed by atoms with Gasteiger partial charge >= 0.3 is 0 Å². The molecule has 1 aliphatic rings. The molecule has 0 spiro atoms. The second-order valence-electron chi connectivity index (χ2n) is 5.61. The fraction of sp³-hybridized carbons (Fsp3) is 0.333. The molecule has 3 rings (SSSR count). The predicted octanol–water partition coefficient (Wildman–Crippen LogP) is 2.95. The van der Waals surface area contributed by atoms with Gasteiger partial charge in [-0.1, -0.05) is 0 Å². The van der Waals surface area contributed by atoms with Crippen LogP contribution in [0.3, 0.4) is 0 Å². The SMILES string of the molecule is COc1ccc(OC)c(NC(=O)c2cc(N3CCCC3)ccn2)c1. The third-order valence-electron chi connectivity index (χ3n) is 4.10. The second-order valence-corrected chi connectivity index (χ2v) is 5.61. The molecular formula is C18H21N3O3. The van der Waals surface area contributed by atoms with Crippen LogP contribution in [-0.2, 0) is 0 Å². The van der Waals surface area contributed by atoms with Crippen LogP contribution < -0.4 is 19.7 Å². The van der Waals surface area contributed by atoms with Crippen LogP contribution in [0.5, 0.6) is 11.5 Å². The number of carbonyl (C=O) groups is 1. The number of pyridine rings is 1. The molecule has 2 heterocycles. The summed E-state index contributed by atoms with van der Waals surface area (Å²) in [6, 6.07) is 9.02. The van der Waals surface area contributed by atoms with Gasteiger partial charge in [0.25, 0.3) is 5.91 Å². The normalized spacial score (nSPS) is 13.7. The van der Waals surface area contributed by atoms with Crippen LogP contribution in [0.2, 0.25) is 0 Å². The number of nitrogens with one attached hydrogen (secondary N) is 1. The third kappa shape index (κ3) is 3.42. The predicted molar refractivity (Wildman–Crippen MR) is 93.2 cm³/mol. The molecule has 2 aromatic rings. The number of benzene rings is 1. The van der Waals surface area contributed by atoms with E-state index in [0.29, 0.717) is 22.9 Å². The maximum absolute atomic E-state index is 12.6. The van der Waals surface area contributed by atoms with Crippen molar-refractivity contribution in [2.75, 3.05) is 37.5 Å². The lowest BCUT2D eigenvalue weighted by molar-refractivity contribution is 0.102. The molecule has 1 aromatic heterocycles. The number of hydrogen-bond donors (Lipinski definition) is 1. The molecule has 6 heteroatoms. The molecule has 1 amide bonds. The van der Waals surface area contributed by atoms with Crippen molar-refractivity contribution in [3.63, 3.8) is 0 Å². The van der Waals surface area contributed by atoms with E-state index in [9.17, 15) is 4.79 Å². The fourth-order valence-corrected chi connectivity index (χ4v) is 2.81. The van der Waals surface area contributed by atoms with Crippen molar-refractivity contribution in [3.05, 3.63) is 42.2 Å². The van der Waals surface area contributed by atoms with E-state index in [1.807, 2.05) is 12.1 Å². The lowest BCUT2D eigenvalue weighted by Gasteiger charge is -2.18. The highest BCUT2D eigenvalue weighted by Crippen LogP contribution is 2.29. The maximum atomic E-state index is 12.6. The standard InChI is InChI=1S/C18H21N3O3/c1-23-14-5-6-17(24-2)15(12-14)20-18(22)16-11-13(7-8-19-16)21-9-3-4-10-21/h5-8,11-12H,3-4,9-10H2,1-2H3,(H,20,22). The van der Waals surface area contributed by atoms with E-state index in [0.717, 1.165) is 18.8 Å². The molecule has 0 saturated carbocycles. The van der Waals surface area contributed by atoms with Crippen LogP contribution in [0, 0.1) is 0 Å². The van der Waals surface area contributed by atoms with Gasteiger partial charge in [-0.2, -0.15) is 0 Å². The fourth-order valence-electron chi connectivity index (χ4n) is 2.81. The van der Waals surface area contributed by atoms with E-state index in [4.69, 9.17) is 9.47 Å². The van der Waals surface area contributed by atoms with Gasteiger partial charge in [-0.25, -0.2) is 0 Å². The Kier molecular flexibility index (Phi) is 4.84. The number of anilines is 2. The zero-order valence-corrected chi connectivity index (χ0v) is 13.9. The Bertz CT molecular complexity index is 727. The average Bonchev–Trinajstić information content (AvgIpc) is 3.16. The number of rotatable bonds is 5. The highest BCUT2D eigenvalue weighted by molar-refractivity contribution is 6.04. The number of nitrogens with zero attached hydrogens (tertiary/aromatic N) is 2. The zero-order chi connectivity index (χ0) is 16.9. The molecule has 126 valence electrons. The van der Waals surface area contributed by atoms with Gasteiger partial charge in [-0.3, -0.25) is 9.78 Å². The van der Waals surface area contributed by atoms with E-state index >= 15 is 0 Å². The highest BCUT2D eigenvalue weighted by Gasteiger charge is 2.16. The molecule has 0 radical (unpaired) electrons. The highest BCUT2D eigenvalue weighted by atomic mass is 16.5. The van der Waals surface area contributed by atoms with Crippen LogP contribution >= 0.6 is 0 Å². The van der Waals surface area contributed by atoms with E-state index in [2.05, 4.69) is 15.2 Å². The van der Waals surface area contributed by atoms with Gasteiger partial charge < -0.3 is 19.7 Å². The van der Waals surface area contributed by atoms with Crippen molar-refractivity contribution in [1.82, 2.24) is 4.98 Å². The van der Waals surface area contributed by atoms with Gasteiger partial charge in [0.2, 0.25) is 0 Å². The number of hydrogen-bond acceptors (Lipinski definition) is 5. The molecular weight excluding hydrogens is 306 g/mol. The summed E-state index contributed by atoms with van der Waals surface area (Å²) in [4.78, 5) is 19.0. The lowest BCUT2D eigenvalue weighted by atomic mass is 10.2. The van der Waals surface area contributed by atoms with Crippen LogP contribution in [0.15, 0.2) is 36.5 Å². The van der Waals surface area contributed by atoms with Gasteiger partial charge in [-0.05, 0) is 37.1 Å². The van der Waals surface area contributed by atoms with Crippen molar-refractivity contribution < 1.29 is 14.3 Å². The molecule has 0 atom stereocenters. The van der Waals surface area contributed by atoms with Gasteiger partial charge in [0.1, 0.15) is 17.2 Å². The maximum Gasteiger partial charge on any atom is 0.274 e. The van der Waals surface area contributed by atoms with Crippen LogP contribution in [0.4, 0.5) is 11.4 Å². The molecule has 1 N–H and O–H groups in total. The minimum atomic E-state index is -0.275. The summed E-state index contributed by atoms with van der Waals surface area (Å²) in [5.41, 5.74) is 1.96. The molecule has 0 unspecified atom stereocenters. The van der Waals surface area contributed by atoms with Gasteiger partial charge in [0.15, 0.2) is 0 Å². The van der Waals surface area contributed by atoms with Crippen molar-refractivity contribution in [2.24, 2.45) is 0 Å². The minimum absolute atomic E-state index is 0.275. The first-order chi connectivity index (χ1) is 11.7. The van der Waals surface area contributed by atoms with Crippen molar-refractivity contribution in [3.8, 4) is 11.5 Å². The van der Waals surface area contributed by atoms with Crippen LogP contribution in [0.1, 0.15) is 23.3 Å². The topological polar surface area (TPSA) is 63.7 Å². The summed E-state index contributed by atoms with van der Waals surface area (Å²) in [5, 5.41) is 2.85. The molecule has 1 saturated heterocycles. The molecule has 1 aliphatic heterocycles. The average molecular weight is 327 g/mol. The quantitative estimate of drug-likeness (QED) is 0.915. The summed E-state index contributed by atoms with van der Waals surface area (Å²) >= 11 is 0. The second kappa shape index (κ2) is 7.21. The van der Waals surface area contributed by atoms with E-state index in [1.54, 1.807) is 38.6 Å². The van der Waals surface area contributed by atoms with Crippen molar-refractivity contribution in [2.45, 2.75) is 12.8 Å². The largest absolute Gasteiger partial charge is 0.497 e. The summed E-state index contributed by atoms with van der Waals surface area (Å²) < 4.78 is 10.5. The molecule has 6 nitrogen and oxygen atoms in total. The monoisotopic (exact) mass is 327 g/mol. The third-order valence-corrected chi connectivity index (χ3v) is 4.10. The molecule has 1 aromatic carbocycles. The van der Waals surface area contributed by atoms with E-state index in [-0.39, 0.29) is 5.91 Å². The van der Waals surface area contributed by atoms with Gasteiger partial charge in [0, 0.05) is 31.0 Å². The number of aromatic nitrogens is 1. The first kappa shape index (κ1) is 16.1. The summed E-state index contributed by atoms with van der Waals surface area (Å²) in [6.45, 7) is 2.05. The van der Waals surface area contributed by atoms with Crippen molar-refractivity contribution in [1.29, 1.82) is 0 Å². The Balaban J connectivity index is 1.81. The first-order valence-corrected chi connectivity index (χ1v) is 7.95. The zero-order valence-electron chi connectivity index (χ0n) is 13.9. The number of ether oxygens (including phenoxy) is 2. The van der Waals surface area contributed by atoms with Crippen molar-refractivity contribution >= 4 is 17.3 Å². The lowest BCUT2D eigenvalue weighted by Crippen LogP contribution is -2.19. The van der Waals surface area contributed by atoms with Gasteiger partial charge in [-0.15, -0.1) is 0 Å². The summed E-state index contributed by atoms with van der Waals surface area (Å²) in [7, 11) is 3.14. The smallest absolute Gasteiger partial charge is 0.274 e. The minimum Gasteiger partial charge on any atom is -0.497 e. The Morgan fingerprint density at radius 1 is 1.12 bits per heavy atom. The van der Waals surface area contributed by atoms with Gasteiger partial charge in [0.05, 0.1) is 19.9 Å². The first-order valence-electron chi connectivity index (χ1n) is 7.95. The molecule has 0 bridgehead atoms.